The summed E-state index contributed by atoms with van der Waals surface area (Å²) in [6.45, 7) is 4.05. The average molecular weight is 178 g/mol. The molecule has 72 valence electrons. The van der Waals surface area contributed by atoms with E-state index in [4.69, 9.17) is 11.5 Å². The Balaban J connectivity index is 2.71. The highest BCUT2D eigenvalue weighted by Crippen LogP contribution is 2.15. The smallest absolute Gasteiger partial charge is 0.0309 e. The summed E-state index contributed by atoms with van der Waals surface area (Å²) in [5, 5.41) is 0. The summed E-state index contributed by atoms with van der Waals surface area (Å²) in [7, 11) is 0. The quantitative estimate of drug-likeness (QED) is 0.740. The zero-order valence-electron chi connectivity index (χ0n) is 8.33. The molecule has 0 saturated carbocycles. The molecule has 2 heteroatoms. The molecule has 1 aromatic carbocycles. The standard InChI is InChI=1S/C11H18N2/c1-8-4-3-5-10(6-8)11(13)7-9(2)12/h3-6,9,11H,7,12-13H2,1-2H3. The van der Waals surface area contributed by atoms with E-state index in [-0.39, 0.29) is 12.1 Å². The summed E-state index contributed by atoms with van der Waals surface area (Å²) in [4.78, 5) is 0. The van der Waals surface area contributed by atoms with Gasteiger partial charge in [-0.15, -0.1) is 0 Å². The largest absolute Gasteiger partial charge is 0.328 e. The highest BCUT2D eigenvalue weighted by molar-refractivity contribution is 5.24. The van der Waals surface area contributed by atoms with Crippen LogP contribution in [-0.4, -0.2) is 6.04 Å². The van der Waals surface area contributed by atoms with Crippen LogP contribution < -0.4 is 11.5 Å². The Kier molecular flexibility index (Phi) is 3.46. The van der Waals surface area contributed by atoms with Crippen molar-refractivity contribution in [3.05, 3.63) is 35.4 Å². The monoisotopic (exact) mass is 178 g/mol. The van der Waals surface area contributed by atoms with Crippen molar-refractivity contribution < 1.29 is 0 Å². The fourth-order valence-electron chi connectivity index (χ4n) is 1.44. The van der Waals surface area contributed by atoms with Crippen molar-refractivity contribution in [1.29, 1.82) is 0 Å². The minimum atomic E-state index is 0.0694. The molecule has 4 N–H and O–H groups in total. The Morgan fingerprint density at radius 3 is 2.54 bits per heavy atom. The van der Waals surface area contributed by atoms with E-state index in [0.717, 1.165) is 6.42 Å². The predicted octanol–water partition coefficient (Wildman–Crippen LogP) is 1.73. The summed E-state index contributed by atoms with van der Waals surface area (Å²) in [5.41, 5.74) is 14.1. The maximum absolute atomic E-state index is 5.98. The lowest BCUT2D eigenvalue weighted by Crippen LogP contribution is -2.23. The van der Waals surface area contributed by atoms with Gasteiger partial charge < -0.3 is 11.5 Å². The van der Waals surface area contributed by atoms with Gasteiger partial charge in [0.1, 0.15) is 0 Å². The molecule has 2 atom stereocenters. The first-order valence-electron chi connectivity index (χ1n) is 4.67. The Morgan fingerprint density at radius 2 is 2.00 bits per heavy atom. The fourth-order valence-corrected chi connectivity index (χ4v) is 1.44. The van der Waals surface area contributed by atoms with Crippen LogP contribution in [0.2, 0.25) is 0 Å². The minimum Gasteiger partial charge on any atom is -0.328 e. The maximum Gasteiger partial charge on any atom is 0.0309 e. The molecule has 0 amide bonds. The van der Waals surface area contributed by atoms with E-state index in [9.17, 15) is 0 Å². The van der Waals surface area contributed by atoms with E-state index in [1.807, 2.05) is 13.0 Å². The number of rotatable bonds is 3. The molecule has 0 aromatic heterocycles. The molecule has 0 heterocycles. The summed E-state index contributed by atoms with van der Waals surface area (Å²) >= 11 is 0. The van der Waals surface area contributed by atoms with Gasteiger partial charge in [0.2, 0.25) is 0 Å². The SMILES string of the molecule is Cc1cccc(C(N)CC(C)N)c1. The summed E-state index contributed by atoms with van der Waals surface area (Å²) in [6.07, 6.45) is 0.837. The Hall–Kier alpha value is -0.860. The van der Waals surface area contributed by atoms with Crippen LogP contribution in [0.15, 0.2) is 24.3 Å². The molecule has 0 aliphatic rings. The van der Waals surface area contributed by atoms with Crippen LogP contribution in [0.5, 0.6) is 0 Å². The zero-order chi connectivity index (χ0) is 9.84. The van der Waals surface area contributed by atoms with Gasteiger partial charge in [0.25, 0.3) is 0 Å². The van der Waals surface area contributed by atoms with Gasteiger partial charge in [-0.05, 0) is 25.8 Å². The molecule has 0 saturated heterocycles. The van der Waals surface area contributed by atoms with Crippen molar-refractivity contribution in [3.63, 3.8) is 0 Å². The predicted molar refractivity (Wildman–Crippen MR) is 56.4 cm³/mol. The van der Waals surface area contributed by atoms with Gasteiger partial charge in [0.15, 0.2) is 0 Å². The van der Waals surface area contributed by atoms with Crippen molar-refractivity contribution in [2.24, 2.45) is 11.5 Å². The molecular formula is C11H18N2. The summed E-state index contributed by atoms with van der Waals surface area (Å²) < 4.78 is 0. The van der Waals surface area contributed by atoms with E-state index in [1.54, 1.807) is 0 Å². The van der Waals surface area contributed by atoms with E-state index < -0.39 is 0 Å². The van der Waals surface area contributed by atoms with Crippen molar-refractivity contribution in [1.82, 2.24) is 0 Å². The second-order valence-corrected chi connectivity index (χ2v) is 3.73. The third-order valence-electron chi connectivity index (χ3n) is 2.10. The molecule has 13 heavy (non-hydrogen) atoms. The van der Waals surface area contributed by atoms with Crippen LogP contribution in [0.1, 0.15) is 30.5 Å². The van der Waals surface area contributed by atoms with Crippen molar-refractivity contribution in [2.45, 2.75) is 32.4 Å². The lowest BCUT2D eigenvalue weighted by Gasteiger charge is -2.14. The number of aryl methyl sites for hydroxylation is 1. The Bertz CT molecular complexity index is 269. The van der Waals surface area contributed by atoms with E-state index >= 15 is 0 Å². The van der Waals surface area contributed by atoms with E-state index in [1.165, 1.54) is 11.1 Å². The third kappa shape index (κ3) is 3.17. The summed E-state index contributed by atoms with van der Waals surface area (Å²) in [6, 6.07) is 8.51. The van der Waals surface area contributed by atoms with Crippen LogP contribution >= 0.6 is 0 Å². The zero-order valence-corrected chi connectivity index (χ0v) is 8.33. The Morgan fingerprint density at radius 1 is 1.31 bits per heavy atom. The molecule has 0 aliphatic carbocycles. The molecule has 1 rings (SSSR count). The molecule has 0 spiro atoms. The van der Waals surface area contributed by atoms with Gasteiger partial charge in [0.05, 0.1) is 0 Å². The number of nitrogens with two attached hydrogens (primary N) is 2. The normalized spacial score (nSPS) is 15.4. The number of hydrogen-bond donors (Lipinski definition) is 2. The van der Waals surface area contributed by atoms with Gasteiger partial charge in [-0.3, -0.25) is 0 Å². The topological polar surface area (TPSA) is 52.0 Å². The molecule has 0 fully saturated rings. The highest BCUT2D eigenvalue weighted by Gasteiger charge is 2.07. The first-order valence-corrected chi connectivity index (χ1v) is 4.67. The second kappa shape index (κ2) is 4.40. The van der Waals surface area contributed by atoms with Crippen molar-refractivity contribution >= 4 is 0 Å². The first kappa shape index (κ1) is 10.2. The van der Waals surface area contributed by atoms with Gasteiger partial charge in [-0.1, -0.05) is 29.8 Å². The third-order valence-corrected chi connectivity index (χ3v) is 2.10. The summed E-state index contributed by atoms with van der Waals surface area (Å²) in [5.74, 6) is 0. The average Bonchev–Trinajstić information content (AvgIpc) is 2.03. The first-order chi connectivity index (χ1) is 6.09. The molecular weight excluding hydrogens is 160 g/mol. The Labute approximate surface area is 79.9 Å². The molecule has 2 unspecified atom stereocenters. The van der Waals surface area contributed by atoms with Crippen LogP contribution in [0.3, 0.4) is 0 Å². The molecule has 1 aromatic rings. The van der Waals surface area contributed by atoms with Crippen LogP contribution in [0.25, 0.3) is 0 Å². The van der Waals surface area contributed by atoms with Crippen LogP contribution in [-0.2, 0) is 0 Å². The fraction of sp³-hybridized carbons (Fsp3) is 0.455. The molecule has 2 nitrogen and oxygen atoms in total. The van der Waals surface area contributed by atoms with Crippen LogP contribution in [0.4, 0.5) is 0 Å². The minimum absolute atomic E-state index is 0.0694. The van der Waals surface area contributed by atoms with Gasteiger partial charge in [-0.25, -0.2) is 0 Å². The van der Waals surface area contributed by atoms with Gasteiger partial charge >= 0.3 is 0 Å². The van der Waals surface area contributed by atoms with E-state index in [2.05, 4.69) is 25.1 Å². The van der Waals surface area contributed by atoms with Crippen molar-refractivity contribution in [2.75, 3.05) is 0 Å². The van der Waals surface area contributed by atoms with Gasteiger partial charge in [-0.2, -0.15) is 0 Å². The number of benzene rings is 1. The van der Waals surface area contributed by atoms with Crippen molar-refractivity contribution in [3.8, 4) is 0 Å². The lowest BCUT2D eigenvalue weighted by atomic mass is 10.00. The van der Waals surface area contributed by atoms with Crippen LogP contribution in [0, 0.1) is 6.92 Å². The second-order valence-electron chi connectivity index (χ2n) is 3.73. The maximum atomic E-state index is 5.98. The van der Waals surface area contributed by atoms with Gasteiger partial charge in [0, 0.05) is 12.1 Å². The lowest BCUT2D eigenvalue weighted by molar-refractivity contribution is 0.568. The molecule has 0 bridgehead atoms. The molecule has 0 radical (unpaired) electrons. The number of hydrogen-bond acceptors (Lipinski definition) is 2. The molecule has 0 aliphatic heterocycles. The highest BCUT2D eigenvalue weighted by atomic mass is 14.7. The van der Waals surface area contributed by atoms with E-state index in [0.29, 0.717) is 0 Å².